The summed E-state index contributed by atoms with van der Waals surface area (Å²) in [6, 6.07) is 17.5. The molecule has 0 aromatic heterocycles. The van der Waals surface area contributed by atoms with Crippen molar-refractivity contribution in [3.8, 4) is 5.75 Å². The highest BCUT2D eigenvalue weighted by atomic mass is 16.3. The minimum absolute atomic E-state index is 0.240. The first kappa shape index (κ1) is 17.3. The summed E-state index contributed by atoms with van der Waals surface area (Å²) in [4.78, 5) is 0. The fourth-order valence-corrected chi connectivity index (χ4v) is 2.22. The average Bonchev–Trinajstić information content (AvgIpc) is 2.38. The highest BCUT2D eigenvalue weighted by molar-refractivity contribution is 5.37. The van der Waals surface area contributed by atoms with Crippen molar-refractivity contribution in [2.24, 2.45) is 0 Å². The van der Waals surface area contributed by atoms with Crippen molar-refractivity contribution in [3.63, 3.8) is 0 Å². The van der Waals surface area contributed by atoms with Gasteiger partial charge in [-0.1, -0.05) is 84.0 Å². The fourth-order valence-electron chi connectivity index (χ4n) is 2.22. The summed E-state index contributed by atoms with van der Waals surface area (Å²) in [6.45, 7) is 13.7. The largest absolute Gasteiger partial charge is 0.508 e. The highest BCUT2D eigenvalue weighted by Crippen LogP contribution is 2.33. The minimum atomic E-state index is 0.240. The zero-order valence-electron chi connectivity index (χ0n) is 14.1. The maximum absolute atomic E-state index is 8.63. The van der Waals surface area contributed by atoms with Crippen LogP contribution in [0.2, 0.25) is 0 Å². The lowest BCUT2D eigenvalue weighted by molar-refractivity contribution is 0.475. The van der Waals surface area contributed by atoms with E-state index < -0.39 is 0 Å². The van der Waals surface area contributed by atoms with Crippen LogP contribution in [0.4, 0.5) is 0 Å². The maximum Gasteiger partial charge on any atom is 0.115 e. The lowest BCUT2D eigenvalue weighted by Gasteiger charge is -2.29. The van der Waals surface area contributed by atoms with Gasteiger partial charge in [0.25, 0.3) is 0 Å². The smallest absolute Gasteiger partial charge is 0.115 e. The summed E-state index contributed by atoms with van der Waals surface area (Å²) in [7, 11) is 0. The Morgan fingerprint density at radius 3 is 1.14 bits per heavy atom. The van der Waals surface area contributed by atoms with E-state index in [9.17, 15) is 0 Å². The van der Waals surface area contributed by atoms with Crippen LogP contribution in [0.15, 0.2) is 54.6 Å². The Hall–Kier alpha value is -1.76. The van der Waals surface area contributed by atoms with Gasteiger partial charge in [-0.3, -0.25) is 0 Å². The van der Waals surface area contributed by atoms with Crippen LogP contribution in [0.5, 0.6) is 5.75 Å². The van der Waals surface area contributed by atoms with Crippen LogP contribution in [0.1, 0.15) is 52.7 Å². The van der Waals surface area contributed by atoms with E-state index in [1.807, 2.05) is 6.07 Å². The average molecular weight is 284 g/mol. The first-order valence-electron chi connectivity index (χ1n) is 7.46. The second kappa shape index (κ2) is 6.80. The van der Waals surface area contributed by atoms with Crippen molar-refractivity contribution in [2.75, 3.05) is 0 Å². The van der Waals surface area contributed by atoms with Gasteiger partial charge in [0.2, 0.25) is 0 Å². The molecule has 1 heteroatoms. The van der Waals surface area contributed by atoms with Gasteiger partial charge in [-0.2, -0.15) is 0 Å². The number of hydrogen-bond acceptors (Lipinski definition) is 1. The number of phenols is 1. The van der Waals surface area contributed by atoms with E-state index in [2.05, 4.69) is 65.8 Å². The van der Waals surface area contributed by atoms with Gasteiger partial charge in [-0.05, 0) is 34.1 Å². The second-order valence-corrected chi connectivity index (χ2v) is 7.38. The van der Waals surface area contributed by atoms with Crippen LogP contribution in [-0.4, -0.2) is 5.11 Å². The molecule has 21 heavy (non-hydrogen) atoms. The van der Waals surface area contributed by atoms with Crippen molar-refractivity contribution >= 4 is 0 Å². The molecule has 0 aliphatic rings. The lowest BCUT2D eigenvalue weighted by atomic mass is 9.75. The molecule has 0 bridgehead atoms. The number of para-hydroxylation sites is 1. The summed E-state index contributed by atoms with van der Waals surface area (Å²) >= 11 is 0. The predicted molar refractivity (Wildman–Crippen MR) is 91.9 cm³/mol. The topological polar surface area (TPSA) is 20.2 Å². The SMILES string of the molecule is CC(C)(C)c1ccccc1C(C)(C)C.Oc1ccccc1. The molecule has 0 atom stereocenters. The molecule has 0 heterocycles. The van der Waals surface area contributed by atoms with Gasteiger partial charge in [0.05, 0.1) is 0 Å². The molecule has 0 aliphatic heterocycles. The Labute approximate surface area is 129 Å². The monoisotopic (exact) mass is 284 g/mol. The van der Waals surface area contributed by atoms with Crippen LogP contribution in [0, 0.1) is 0 Å². The van der Waals surface area contributed by atoms with Gasteiger partial charge in [-0.25, -0.2) is 0 Å². The number of hydrogen-bond donors (Lipinski definition) is 1. The Morgan fingerprint density at radius 1 is 0.571 bits per heavy atom. The Morgan fingerprint density at radius 2 is 0.905 bits per heavy atom. The molecule has 0 unspecified atom stereocenters. The van der Waals surface area contributed by atoms with Gasteiger partial charge in [0.1, 0.15) is 5.75 Å². The van der Waals surface area contributed by atoms with Gasteiger partial charge in [-0.15, -0.1) is 0 Å². The number of benzene rings is 2. The minimum Gasteiger partial charge on any atom is -0.508 e. The zero-order chi connectivity index (χ0) is 16.1. The van der Waals surface area contributed by atoms with Gasteiger partial charge >= 0.3 is 0 Å². The van der Waals surface area contributed by atoms with Crippen LogP contribution in [0.3, 0.4) is 0 Å². The van der Waals surface area contributed by atoms with E-state index in [4.69, 9.17) is 5.11 Å². The fraction of sp³-hybridized carbons (Fsp3) is 0.400. The van der Waals surface area contributed by atoms with Crippen LogP contribution >= 0.6 is 0 Å². The molecule has 2 aromatic carbocycles. The summed E-state index contributed by atoms with van der Waals surface area (Å²) in [5.41, 5.74) is 3.41. The molecule has 0 spiro atoms. The molecule has 1 nitrogen and oxygen atoms in total. The van der Waals surface area contributed by atoms with Gasteiger partial charge < -0.3 is 5.11 Å². The zero-order valence-corrected chi connectivity index (χ0v) is 14.1. The first-order valence-corrected chi connectivity index (χ1v) is 7.46. The quantitative estimate of drug-likeness (QED) is 0.660. The molecule has 0 aliphatic carbocycles. The second-order valence-electron chi connectivity index (χ2n) is 7.38. The number of aromatic hydroxyl groups is 1. The van der Waals surface area contributed by atoms with Crippen molar-refractivity contribution < 1.29 is 5.11 Å². The van der Waals surface area contributed by atoms with Crippen molar-refractivity contribution in [2.45, 2.75) is 52.4 Å². The third-order valence-electron chi connectivity index (χ3n) is 3.30. The molecule has 2 aromatic rings. The van der Waals surface area contributed by atoms with Gasteiger partial charge in [0, 0.05) is 0 Å². The Balaban J connectivity index is 0.000000262. The third-order valence-corrected chi connectivity index (χ3v) is 3.30. The normalized spacial score (nSPS) is 11.5. The summed E-state index contributed by atoms with van der Waals surface area (Å²) < 4.78 is 0. The summed E-state index contributed by atoms with van der Waals surface area (Å²) in [5, 5.41) is 8.63. The molecule has 114 valence electrons. The molecule has 0 amide bonds. The Bertz CT molecular complexity index is 509. The maximum atomic E-state index is 8.63. The lowest BCUT2D eigenvalue weighted by Crippen LogP contribution is -2.21. The third kappa shape index (κ3) is 5.63. The summed E-state index contributed by atoms with van der Waals surface area (Å²) in [6.07, 6.45) is 0. The van der Waals surface area contributed by atoms with E-state index in [1.54, 1.807) is 24.3 Å². The molecular formula is C20H28O. The van der Waals surface area contributed by atoms with E-state index in [-0.39, 0.29) is 10.8 Å². The molecule has 0 radical (unpaired) electrons. The van der Waals surface area contributed by atoms with Crippen molar-refractivity contribution in [1.29, 1.82) is 0 Å². The van der Waals surface area contributed by atoms with Crippen LogP contribution in [-0.2, 0) is 10.8 Å². The molecule has 0 saturated heterocycles. The molecule has 0 fully saturated rings. The molecular weight excluding hydrogens is 256 g/mol. The van der Waals surface area contributed by atoms with E-state index in [1.165, 1.54) is 11.1 Å². The van der Waals surface area contributed by atoms with Crippen LogP contribution < -0.4 is 0 Å². The van der Waals surface area contributed by atoms with E-state index >= 15 is 0 Å². The Kier molecular flexibility index (Phi) is 5.60. The van der Waals surface area contributed by atoms with Crippen molar-refractivity contribution in [3.05, 3.63) is 65.7 Å². The van der Waals surface area contributed by atoms with E-state index in [0.29, 0.717) is 5.75 Å². The predicted octanol–water partition coefficient (Wildman–Crippen LogP) is 5.67. The van der Waals surface area contributed by atoms with Gasteiger partial charge in [0.15, 0.2) is 0 Å². The highest BCUT2D eigenvalue weighted by Gasteiger charge is 2.23. The standard InChI is InChI=1S/C14H22.C6H6O/c1-13(2,3)11-9-7-8-10-12(11)14(4,5)6;7-6-4-2-1-3-5-6/h7-10H,1-6H3;1-5,7H. The molecule has 1 N–H and O–H groups in total. The molecule has 2 rings (SSSR count). The van der Waals surface area contributed by atoms with Crippen molar-refractivity contribution in [1.82, 2.24) is 0 Å². The summed E-state index contributed by atoms with van der Waals surface area (Å²) in [5.74, 6) is 0.322. The number of rotatable bonds is 0. The van der Waals surface area contributed by atoms with Crippen LogP contribution in [0.25, 0.3) is 0 Å². The number of phenolic OH excluding ortho intramolecular Hbond substituents is 1. The van der Waals surface area contributed by atoms with E-state index in [0.717, 1.165) is 0 Å². The first-order chi connectivity index (χ1) is 9.62. The molecule has 0 saturated carbocycles.